The predicted molar refractivity (Wildman–Crippen MR) is 114 cm³/mol. The standard InChI is InChI=1S/C24H37N3O3/c1-16(23-12-17-9-18(13-23)11-19(10-17)14-23)25-20(28)15-27-21(29)24(26-22(27)30)7-5-3-2-4-6-8-24/h16-19H,2-15H2,1H3,(H,25,28)(H,26,30)/t16-,17?,18?,19?,23?/m0/s1. The van der Waals surface area contributed by atoms with Crippen molar-refractivity contribution < 1.29 is 14.4 Å². The number of nitrogens with zero attached hydrogens (tertiary/aromatic N) is 1. The van der Waals surface area contributed by atoms with Crippen LogP contribution in [0.2, 0.25) is 0 Å². The second kappa shape index (κ2) is 7.52. The average molecular weight is 416 g/mol. The van der Waals surface area contributed by atoms with Crippen molar-refractivity contribution in [2.75, 3.05) is 6.54 Å². The minimum absolute atomic E-state index is 0.106. The van der Waals surface area contributed by atoms with Crippen molar-refractivity contribution in [1.29, 1.82) is 0 Å². The first kappa shape index (κ1) is 20.3. The van der Waals surface area contributed by atoms with Crippen molar-refractivity contribution in [3.63, 3.8) is 0 Å². The molecule has 0 aromatic carbocycles. The summed E-state index contributed by atoms with van der Waals surface area (Å²) in [5.74, 6) is 2.12. The summed E-state index contributed by atoms with van der Waals surface area (Å²) < 4.78 is 0. The highest BCUT2D eigenvalue weighted by atomic mass is 16.2. The highest BCUT2D eigenvalue weighted by Crippen LogP contribution is 2.61. The molecule has 6 fully saturated rings. The van der Waals surface area contributed by atoms with Gasteiger partial charge in [-0.05, 0) is 81.5 Å². The van der Waals surface area contributed by atoms with E-state index < -0.39 is 11.6 Å². The van der Waals surface area contributed by atoms with E-state index in [1.54, 1.807) is 0 Å². The second-order valence-electron chi connectivity index (χ2n) is 11.2. The summed E-state index contributed by atoms with van der Waals surface area (Å²) in [5, 5.41) is 6.17. The average Bonchev–Trinajstić information content (AvgIpc) is 2.88. The van der Waals surface area contributed by atoms with Crippen LogP contribution in [0.25, 0.3) is 0 Å². The molecule has 1 spiro atoms. The van der Waals surface area contributed by atoms with Crippen molar-refractivity contribution in [3.05, 3.63) is 0 Å². The fourth-order valence-corrected chi connectivity index (χ4v) is 7.96. The number of urea groups is 1. The van der Waals surface area contributed by atoms with Gasteiger partial charge in [0.15, 0.2) is 0 Å². The largest absolute Gasteiger partial charge is 0.352 e. The summed E-state index contributed by atoms with van der Waals surface area (Å²) in [5.41, 5.74) is -0.550. The molecule has 1 heterocycles. The Balaban J connectivity index is 1.22. The van der Waals surface area contributed by atoms with E-state index in [9.17, 15) is 14.4 Å². The molecule has 1 saturated heterocycles. The van der Waals surface area contributed by atoms with Crippen LogP contribution < -0.4 is 10.6 Å². The van der Waals surface area contributed by atoms with Crippen LogP contribution in [0, 0.1) is 23.2 Å². The molecular weight excluding hydrogens is 378 g/mol. The maximum Gasteiger partial charge on any atom is 0.325 e. The molecule has 0 radical (unpaired) electrons. The van der Waals surface area contributed by atoms with Crippen LogP contribution >= 0.6 is 0 Å². The molecule has 0 unspecified atom stereocenters. The molecule has 2 N–H and O–H groups in total. The molecular formula is C24H37N3O3. The molecule has 0 aromatic rings. The SMILES string of the molecule is C[C@H](NC(=O)CN1C(=O)NC2(CCCCCCC2)C1=O)C12CC3CC(CC(C3)C1)C2. The number of imide groups is 1. The van der Waals surface area contributed by atoms with Gasteiger partial charge in [-0.25, -0.2) is 4.79 Å². The Labute approximate surface area is 179 Å². The normalized spacial score (nSPS) is 38.3. The molecule has 4 bridgehead atoms. The Hall–Kier alpha value is -1.59. The number of hydrogen-bond acceptors (Lipinski definition) is 3. The molecule has 4 amide bonds. The third-order valence-electron chi connectivity index (χ3n) is 9.14. The minimum Gasteiger partial charge on any atom is -0.352 e. The highest BCUT2D eigenvalue weighted by Gasteiger charge is 2.54. The molecule has 5 saturated carbocycles. The van der Waals surface area contributed by atoms with Crippen molar-refractivity contribution >= 4 is 17.8 Å². The lowest BCUT2D eigenvalue weighted by atomic mass is 9.48. The Kier molecular flexibility index (Phi) is 5.10. The van der Waals surface area contributed by atoms with Crippen molar-refractivity contribution in [2.45, 2.75) is 102 Å². The molecule has 1 aliphatic heterocycles. The lowest BCUT2D eigenvalue weighted by molar-refractivity contribution is -0.136. The van der Waals surface area contributed by atoms with Crippen molar-refractivity contribution in [1.82, 2.24) is 15.5 Å². The summed E-state index contributed by atoms with van der Waals surface area (Å²) in [6.07, 6.45) is 14.5. The maximum atomic E-state index is 13.2. The van der Waals surface area contributed by atoms with E-state index in [0.29, 0.717) is 12.8 Å². The van der Waals surface area contributed by atoms with Gasteiger partial charge in [0.05, 0.1) is 0 Å². The summed E-state index contributed by atoms with van der Waals surface area (Å²) in [4.78, 5) is 39.8. The van der Waals surface area contributed by atoms with E-state index in [-0.39, 0.29) is 29.8 Å². The van der Waals surface area contributed by atoms with Crippen LogP contribution in [-0.4, -0.2) is 40.9 Å². The Bertz CT molecular complexity index is 690. The fraction of sp³-hybridized carbons (Fsp3) is 0.875. The number of carbonyl (C=O) groups is 3. The van der Waals surface area contributed by atoms with Gasteiger partial charge in [0, 0.05) is 6.04 Å². The van der Waals surface area contributed by atoms with E-state index in [1.807, 2.05) is 0 Å². The first-order chi connectivity index (χ1) is 14.4. The van der Waals surface area contributed by atoms with Gasteiger partial charge in [0.2, 0.25) is 5.91 Å². The first-order valence-electron chi connectivity index (χ1n) is 12.3. The Morgan fingerprint density at radius 2 is 1.53 bits per heavy atom. The fourth-order valence-electron chi connectivity index (χ4n) is 7.96. The topological polar surface area (TPSA) is 78.5 Å². The van der Waals surface area contributed by atoms with E-state index in [4.69, 9.17) is 0 Å². The van der Waals surface area contributed by atoms with Crippen LogP contribution in [0.4, 0.5) is 4.79 Å². The number of amides is 4. The van der Waals surface area contributed by atoms with E-state index in [2.05, 4.69) is 17.6 Å². The summed E-state index contributed by atoms with van der Waals surface area (Å²) in [6, 6.07) is -0.285. The third kappa shape index (κ3) is 3.44. The number of rotatable bonds is 4. The molecule has 6 heteroatoms. The van der Waals surface area contributed by atoms with Gasteiger partial charge in [-0.2, -0.15) is 0 Å². The molecule has 6 rings (SSSR count). The number of hydrogen-bond donors (Lipinski definition) is 2. The van der Waals surface area contributed by atoms with Crippen LogP contribution in [-0.2, 0) is 9.59 Å². The lowest BCUT2D eigenvalue weighted by Crippen LogP contribution is -2.57. The van der Waals surface area contributed by atoms with Gasteiger partial charge >= 0.3 is 6.03 Å². The monoisotopic (exact) mass is 415 g/mol. The summed E-state index contributed by atoms with van der Waals surface area (Å²) >= 11 is 0. The molecule has 5 aliphatic carbocycles. The van der Waals surface area contributed by atoms with Gasteiger partial charge in [-0.3, -0.25) is 14.5 Å². The van der Waals surface area contributed by atoms with Crippen molar-refractivity contribution in [2.24, 2.45) is 23.2 Å². The molecule has 6 aliphatic rings. The van der Waals surface area contributed by atoms with Gasteiger partial charge in [0.1, 0.15) is 12.1 Å². The van der Waals surface area contributed by atoms with E-state index >= 15 is 0 Å². The zero-order valence-electron chi connectivity index (χ0n) is 18.4. The Morgan fingerprint density at radius 1 is 1.00 bits per heavy atom. The van der Waals surface area contributed by atoms with Crippen molar-refractivity contribution in [3.8, 4) is 0 Å². The first-order valence-corrected chi connectivity index (χ1v) is 12.3. The zero-order chi connectivity index (χ0) is 20.9. The van der Waals surface area contributed by atoms with Gasteiger partial charge < -0.3 is 10.6 Å². The highest BCUT2D eigenvalue weighted by molar-refractivity contribution is 6.09. The molecule has 166 valence electrons. The van der Waals surface area contributed by atoms with E-state index in [0.717, 1.165) is 43.4 Å². The van der Waals surface area contributed by atoms with Gasteiger partial charge in [-0.15, -0.1) is 0 Å². The molecule has 0 aromatic heterocycles. The molecule has 6 nitrogen and oxygen atoms in total. The lowest BCUT2D eigenvalue weighted by Gasteiger charge is -2.59. The Morgan fingerprint density at radius 3 is 2.10 bits per heavy atom. The zero-order valence-corrected chi connectivity index (χ0v) is 18.4. The van der Waals surface area contributed by atoms with Crippen LogP contribution in [0.5, 0.6) is 0 Å². The predicted octanol–water partition coefficient (Wildman–Crippen LogP) is 3.74. The van der Waals surface area contributed by atoms with Crippen LogP contribution in [0.3, 0.4) is 0 Å². The number of carbonyl (C=O) groups excluding carboxylic acids is 3. The van der Waals surface area contributed by atoms with Crippen LogP contribution in [0.15, 0.2) is 0 Å². The molecule has 30 heavy (non-hydrogen) atoms. The second-order valence-corrected chi connectivity index (χ2v) is 11.2. The summed E-state index contributed by atoms with van der Waals surface area (Å²) in [7, 11) is 0. The van der Waals surface area contributed by atoms with Crippen LogP contribution in [0.1, 0.15) is 90.4 Å². The molecule has 1 atom stereocenters. The maximum absolute atomic E-state index is 13.2. The van der Waals surface area contributed by atoms with E-state index in [1.165, 1.54) is 49.8 Å². The third-order valence-corrected chi connectivity index (χ3v) is 9.14. The van der Waals surface area contributed by atoms with Gasteiger partial charge in [0.25, 0.3) is 5.91 Å². The minimum atomic E-state index is -0.774. The quantitative estimate of drug-likeness (QED) is 0.687. The summed E-state index contributed by atoms with van der Waals surface area (Å²) in [6.45, 7) is 2.00. The van der Waals surface area contributed by atoms with Gasteiger partial charge in [-0.1, -0.05) is 32.1 Å². The smallest absolute Gasteiger partial charge is 0.325 e. The number of nitrogens with one attached hydrogen (secondary N) is 2.